The lowest BCUT2D eigenvalue weighted by Crippen LogP contribution is -2.51. The number of hydrogen-bond acceptors (Lipinski definition) is 4. The second kappa shape index (κ2) is 8.93. The second-order valence-electron chi connectivity index (χ2n) is 6.34. The monoisotopic (exact) mass is 392 g/mol. The molecular weight excluding hydrogens is 371 g/mol. The van der Waals surface area contributed by atoms with E-state index in [1.165, 1.54) is 19.3 Å². The lowest BCUT2D eigenvalue weighted by Gasteiger charge is -2.33. The normalized spacial score (nSPS) is 27.4. The quantitative estimate of drug-likeness (QED) is 0.722. The van der Waals surface area contributed by atoms with E-state index in [9.17, 15) is 0 Å². The van der Waals surface area contributed by atoms with E-state index in [-0.39, 0.29) is 0 Å². The van der Waals surface area contributed by atoms with Gasteiger partial charge in [0.15, 0.2) is 5.75 Å². The van der Waals surface area contributed by atoms with E-state index < -0.39 is 0 Å². The van der Waals surface area contributed by atoms with Crippen molar-refractivity contribution in [1.29, 1.82) is 0 Å². The summed E-state index contributed by atoms with van der Waals surface area (Å²) in [5.41, 5.74) is 0. The van der Waals surface area contributed by atoms with Crippen LogP contribution in [0, 0.1) is 5.92 Å². The zero-order valence-corrected chi connectivity index (χ0v) is 15.8. The van der Waals surface area contributed by atoms with E-state index in [0.29, 0.717) is 45.4 Å². The van der Waals surface area contributed by atoms with Crippen molar-refractivity contribution >= 4 is 34.8 Å². The molecule has 7 heteroatoms. The Bertz CT molecular complexity index is 530. The van der Waals surface area contributed by atoms with Crippen molar-refractivity contribution < 1.29 is 9.47 Å². The highest BCUT2D eigenvalue weighted by atomic mass is 35.5. The summed E-state index contributed by atoms with van der Waals surface area (Å²) < 4.78 is 11.3. The zero-order chi connectivity index (χ0) is 16.9. The van der Waals surface area contributed by atoms with Gasteiger partial charge in [-0.25, -0.2) is 0 Å². The van der Waals surface area contributed by atoms with Gasteiger partial charge in [0, 0.05) is 30.2 Å². The third-order valence-corrected chi connectivity index (χ3v) is 5.53. The first-order chi connectivity index (χ1) is 11.6. The third-order valence-electron chi connectivity index (χ3n) is 4.75. The predicted molar refractivity (Wildman–Crippen MR) is 98.7 cm³/mol. The van der Waals surface area contributed by atoms with Crippen LogP contribution in [-0.2, 0) is 4.74 Å². The number of ether oxygens (including phenoxy) is 2. The van der Waals surface area contributed by atoms with E-state index in [1.54, 1.807) is 12.1 Å². The first-order valence-corrected chi connectivity index (χ1v) is 9.60. The second-order valence-corrected chi connectivity index (χ2v) is 7.59. The Labute approximate surface area is 158 Å². The van der Waals surface area contributed by atoms with Crippen LogP contribution in [0.15, 0.2) is 12.1 Å². The minimum Gasteiger partial charge on any atom is -0.489 e. The molecule has 1 saturated heterocycles. The van der Waals surface area contributed by atoms with E-state index in [0.717, 1.165) is 26.3 Å². The standard InChI is InChI=1S/C17H23Cl3N2O2/c18-11-8-13(19)17(14(20)9-11)24-7-5-21-15-3-1-2-12(15)16-10-23-6-4-22-16/h8-9,12,15-16,21-22H,1-7,10H2. The van der Waals surface area contributed by atoms with Gasteiger partial charge in [-0.1, -0.05) is 41.2 Å². The highest BCUT2D eigenvalue weighted by Gasteiger charge is 2.34. The number of morpholine rings is 1. The summed E-state index contributed by atoms with van der Waals surface area (Å²) in [6.07, 6.45) is 3.70. The molecule has 2 fully saturated rings. The fourth-order valence-electron chi connectivity index (χ4n) is 3.65. The first-order valence-electron chi connectivity index (χ1n) is 8.47. The van der Waals surface area contributed by atoms with Crippen molar-refractivity contribution in [2.75, 3.05) is 32.9 Å². The van der Waals surface area contributed by atoms with Crippen molar-refractivity contribution in [2.24, 2.45) is 5.92 Å². The molecule has 1 aliphatic carbocycles. The van der Waals surface area contributed by atoms with Crippen LogP contribution in [0.25, 0.3) is 0 Å². The Balaban J connectivity index is 1.46. The van der Waals surface area contributed by atoms with Gasteiger partial charge in [-0.3, -0.25) is 0 Å². The van der Waals surface area contributed by atoms with Crippen molar-refractivity contribution in [3.8, 4) is 5.75 Å². The van der Waals surface area contributed by atoms with Crippen molar-refractivity contribution in [1.82, 2.24) is 10.6 Å². The number of halogens is 3. The maximum Gasteiger partial charge on any atom is 0.156 e. The largest absolute Gasteiger partial charge is 0.489 e. The Morgan fingerprint density at radius 1 is 1.21 bits per heavy atom. The van der Waals surface area contributed by atoms with Crippen molar-refractivity contribution in [2.45, 2.75) is 31.3 Å². The Morgan fingerprint density at radius 2 is 2.00 bits per heavy atom. The van der Waals surface area contributed by atoms with E-state index in [2.05, 4.69) is 10.6 Å². The summed E-state index contributed by atoms with van der Waals surface area (Å²) in [5.74, 6) is 1.11. The van der Waals surface area contributed by atoms with Gasteiger partial charge < -0.3 is 20.1 Å². The maximum atomic E-state index is 6.13. The lowest BCUT2D eigenvalue weighted by atomic mass is 9.94. The van der Waals surface area contributed by atoms with Crippen LogP contribution in [0.5, 0.6) is 5.75 Å². The number of rotatable bonds is 6. The SMILES string of the molecule is Clc1cc(Cl)c(OCCNC2CCCC2C2COCCN2)c(Cl)c1. The fraction of sp³-hybridized carbons (Fsp3) is 0.647. The zero-order valence-electron chi connectivity index (χ0n) is 13.5. The molecule has 0 bridgehead atoms. The molecule has 24 heavy (non-hydrogen) atoms. The summed E-state index contributed by atoms with van der Waals surface area (Å²) in [6.45, 7) is 3.85. The molecule has 0 radical (unpaired) electrons. The van der Waals surface area contributed by atoms with Crippen LogP contribution in [-0.4, -0.2) is 45.0 Å². The van der Waals surface area contributed by atoms with E-state index >= 15 is 0 Å². The Kier molecular flexibility index (Phi) is 6.90. The summed E-state index contributed by atoms with van der Waals surface area (Å²) in [7, 11) is 0. The highest BCUT2D eigenvalue weighted by molar-refractivity contribution is 6.40. The molecule has 4 nitrogen and oxygen atoms in total. The molecule has 1 aromatic rings. The van der Waals surface area contributed by atoms with Gasteiger partial charge in [0.05, 0.1) is 23.3 Å². The molecule has 0 amide bonds. The van der Waals surface area contributed by atoms with Gasteiger partial charge >= 0.3 is 0 Å². The molecular formula is C17H23Cl3N2O2. The third kappa shape index (κ3) is 4.69. The lowest BCUT2D eigenvalue weighted by molar-refractivity contribution is 0.0523. The molecule has 3 rings (SSSR count). The molecule has 2 aliphatic rings. The summed E-state index contributed by atoms with van der Waals surface area (Å²) in [5, 5.41) is 8.59. The molecule has 0 spiro atoms. The average molecular weight is 394 g/mol. The molecule has 134 valence electrons. The fourth-order valence-corrected chi connectivity index (χ4v) is 4.57. The minimum atomic E-state index is 0.440. The average Bonchev–Trinajstić information content (AvgIpc) is 3.02. The smallest absolute Gasteiger partial charge is 0.156 e. The predicted octanol–water partition coefficient (Wildman–Crippen LogP) is 3.77. The maximum absolute atomic E-state index is 6.13. The van der Waals surface area contributed by atoms with Crippen LogP contribution >= 0.6 is 34.8 Å². The van der Waals surface area contributed by atoms with Crippen molar-refractivity contribution in [3.63, 3.8) is 0 Å². The van der Waals surface area contributed by atoms with Crippen LogP contribution in [0.4, 0.5) is 0 Å². The van der Waals surface area contributed by atoms with Gasteiger partial charge in [-0.15, -0.1) is 0 Å². The molecule has 1 saturated carbocycles. The van der Waals surface area contributed by atoms with Crippen LogP contribution in [0.3, 0.4) is 0 Å². The van der Waals surface area contributed by atoms with Crippen LogP contribution in [0.1, 0.15) is 19.3 Å². The molecule has 3 atom stereocenters. The summed E-state index contributed by atoms with van der Waals surface area (Å²) >= 11 is 18.2. The number of nitrogens with one attached hydrogen (secondary N) is 2. The van der Waals surface area contributed by atoms with Gasteiger partial charge in [-0.05, 0) is 30.9 Å². The van der Waals surface area contributed by atoms with Gasteiger partial charge in [0.2, 0.25) is 0 Å². The van der Waals surface area contributed by atoms with Crippen LogP contribution in [0.2, 0.25) is 15.1 Å². The molecule has 2 N–H and O–H groups in total. The van der Waals surface area contributed by atoms with Crippen LogP contribution < -0.4 is 15.4 Å². The first kappa shape index (κ1) is 18.6. The molecule has 1 aliphatic heterocycles. The van der Waals surface area contributed by atoms with Gasteiger partial charge in [-0.2, -0.15) is 0 Å². The van der Waals surface area contributed by atoms with E-state index in [1.807, 2.05) is 0 Å². The molecule has 1 aromatic carbocycles. The molecule has 0 aromatic heterocycles. The number of benzene rings is 1. The minimum absolute atomic E-state index is 0.440. The van der Waals surface area contributed by atoms with E-state index in [4.69, 9.17) is 44.3 Å². The molecule has 1 heterocycles. The number of hydrogen-bond donors (Lipinski definition) is 2. The van der Waals surface area contributed by atoms with Crippen molar-refractivity contribution in [3.05, 3.63) is 27.2 Å². The van der Waals surface area contributed by atoms with Gasteiger partial charge in [0.25, 0.3) is 0 Å². The highest BCUT2D eigenvalue weighted by Crippen LogP contribution is 2.35. The molecule has 3 unspecified atom stereocenters. The summed E-state index contributed by atoms with van der Waals surface area (Å²) in [4.78, 5) is 0. The summed E-state index contributed by atoms with van der Waals surface area (Å²) in [6, 6.07) is 4.24. The topological polar surface area (TPSA) is 42.5 Å². The Hall–Kier alpha value is -0.230. The van der Waals surface area contributed by atoms with Gasteiger partial charge in [0.1, 0.15) is 6.61 Å². The Morgan fingerprint density at radius 3 is 2.71 bits per heavy atom.